The Morgan fingerprint density at radius 3 is 2.46 bits per heavy atom. The van der Waals surface area contributed by atoms with E-state index in [1.54, 1.807) is 0 Å². The van der Waals surface area contributed by atoms with Gasteiger partial charge in [0.2, 0.25) is 10.0 Å². The van der Waals surface area contributed by atoms with Crippen LogP contribution in [0.1, 0.15) is 36.0 Å². The van der Waals surface area contributed by atoms with Gasteiger partial charge in [0.1, 0.15) is 11.6 Å². The average molecular weight is 377 g/mol. The second-order valence-electron chi connectivity index (χ2n) is 6.17. The van der Waals surface area contributed by atoms with Crippen LogP contribution in [0.15, 0.2) is 12.1 Å². The van der Waals surface area contributed by atoms with Crippen LogP contribution in [0.4, 0.5) is 4.39 Å². The highest BCUT2D eigenvalue weighted by Gasteiger charge is 2.41. The maximum atomic E-state index is 13.4. The number of carbonyl (C=O) groups is 1. The number of nitrogens with one attached hydrogen (secondary N) is 1. The average Bonchev–Trinajstić information content (AvgIpc) is 3.36. The quantitative estimate of drug-likeness (QED) is 0.839. The van der Waals surface area contributed by atoms with Crippen LogP contribution in [0.2, 0.25) is 5.02 Å². The van der Waals surface area contributed by atoms with Crippen molar-refractivity contribution < 1.29 is 22.7 Å². The number of rotatable bonds is 4. The van der Waals surface area contributed by atoms with Gasteiger partial charge >= 0.3 is 0 Å². The van der Waals surface area contributed by atoms with Gasteiger partial charge in [-0.25, -0.2) is 17.1 Å². The molecular weight excluding hydrogens is 359 g/mol. The molecule has 0 unspecified atom stereocenters. The van der Waals surface area contributed by atoms with Gasteiger partial charge in [0, 0.05) is 19.1 Å². The molecule has 2 N–H and O–H groups in total. The van der Waals surface area contributed by atoms with Crippen LogP contribution < -0.4 is 5.32 Å². The maximum Gasteiger partial charge on any atom is 0.255 e. The summed E-state index contributed by atoms with van der Waals surface area (Å²) in [4.78, 5) is 12.2. The van der Waals surface area contributed by atoms with E-state index in [1.807, 2.05) is 0 Å². The molecule has 0 radical (unpaired) electrons. The topological polar surface area (TPSA) is 86.7 Å². The van der Waals surface area contributed by atoms with E-state index in [0.29, 0.717) is 25.9 Å². The molecule has 1 aliphatic carbocycles. The third kappa shape index (κ3) is 3.50. The van der Waals surface area contributed by atoms with Crippen LogP contribution in [0.5, 0.6) is 5.75 Å². The summed E-state index contributed by atoms with van der Waals surface area (Å²) in [6, 6.07) is 1.61. The Bertz CT molecular complexity index is 759. The summed E-state index contributed by atoms with van der Waals surface area (Å²) >= 11 is 5.67. The van der Waals surface area contributed by atoms with Gasteiger partial charge < -0.3 is 10.4 Å². The van der Waals surface area contributed by atoms with E-state index in [0.717, 1.165) is 25.0 Å². The number of aromatic hydroxyl groups is 1. The molecule has 24 heavy (non-hydrogen) atoms. The smallest absolute Gasteiger partial charge is 0.255 e. The van der Waals surface area contributed by atoms with Crippen molar-refractivity contribution in [1.82, 2.24) is 9.62 Å². The number of hydrogen-bond acceptors (Lipinski definition) is 4. The van der Waals surface area contributed by atoms with Crippen LogP contribution >= 0.6 is 11.6 Å². The Balaban J connectivity index is 1.61. The Kier molecular flexibility index (Phi) is 4.72. The van der Waals surface area contributed by atoms with Crippen LogP contribution in [-0.4, -0.2) is 48.1 Å². The van der Waals surface area contributed by atoms with Crippen molar-refractivity contribution in [2.75, 3.05) is 13.1 Å². The first-order valence-corrected chi connectivity index (χ1v) is 9.65. The minimum absolute atomic E-state index is 0.229. The number of halogens is 2. The van der Waals surface area contributed by atoms with E-state index in [2.05, 4.69) is 5.32 Å². The van der Waals surface area contributed by atoms with Crippen LogP contribution in [0.3, 0.4) is 0 Å². The number of amides is 1. The van der Waals surface area contributed by atoms with Crippen molar-refractivity contribution >= 4 is 27.5 Å². The van der Waals surface area contributed by atoms with Gasteiger partial charge in [-0.3, -0.25) is 4.79 Å². The van der Waals surface area contributed by atoms with Crippen molar-refractivity contribution in [1.29, 1.82) is 0 Å². The first-order valence-electron chi connectivity index (χ1n) is 7.77. The van der Waals surface area contributed by atoms with E-state index in [1.165, 1.54) is 4.31 Å². The second kappa shape index (κ2) is 6.50. The Labute approximate surface area is 144 Å². The Hall–Kier alpha value is -1.38. The molecule has 1 aromatic rings. The second-order valence-corrected chi connectivity index (χ2v) is 8.80. The van der Waals surface area contributed by atoms with Crippen LogP contribution in [-0.2, 0) is 10.0 Å². The van der Waals surface area contributed by atoms with Gasteiger partial charge in [0.05, 0.1) is 15.8 Å². The number of phenolic OH excluding ortho intramolecular Hbond substituents is 1. The fraction of sp³-hybridized carbons (Fsp3) is 0.533. The number of phenols is 1. The third-order valence-corrected chi connectivity index (χ3v) is 7.05. The first kappa shape index (κ1) is 17.4. The minimum Gasteiger partial charge on any atom is -0.506 e. The molecular formula is C15H18ClFN2O4S. The molecule has 1 saturated carbocycles. The summed E-state index contributed by atoms with van der Waals surface area (Å²) in [6.45, 7) is 0.694. The zero-order valence-electron chi connectivity index (χ0n) is 12.8. The summed E-state index contributed by atoms with van der Waals surface area (Å²) in [6.07, 6.45) is 2.39. The zero-order valence-corrected chi connectivity index (χ0v) is 14.4. The third-order valence-electron chi connectivity index (χ3n) is 4.37. The lowest BCUT2D eigenvalue weighted by Crippen LogP contribution is -2.47. The Morgan fingerprint density at radius 2 is 1.88 bits per heavy atom. The van der Waals surface area contributed by atoms with E-state index in [-0.39, 0.29) is 21.9 Å². The van der Waals surface area contributed by atoms with Gasteiger partial charge in [-0.2, -0.15) is 0 Å². The lowest BCUT2D eigenvalue weighted by atomic mass is 10.1. The molecule has 0 atom stereocenters. The molecule has 6 nitrogen and oxygen atoms in total. The van der Waals surface area contributed by atoms with Crippen molar-refractivity contribution in [2.45, 2.75) is 37.0 Å². The molecule has 0 aromatic heterocycles. The fourth-order valence-electron chi connectivity index (χ4n) is 2.83. The highest BCUT2D eigenvalue weighted by molar-refractivity contribution is 7.90. The fourth-order valence-corrected chi connectivity index (χ4v) is 4.91. The van der Waals surface area contributed by atoms with E-state index < -0.39 is 27.5 Å². The lowest BCUT2D eigenvalue weighted by molar-refractivity contribution is 0.0920. The Morgan fingerprint density at radius 1 is 1.25 bits per heavy atom. The molecule has 1 aromatic carbocycles. The molecule has 1 saturated heterocycles. The molecule has 2 aliphatic rings. The predicted octanol–water partition coefficient (Wildman–Crippen LogP) is 1.87. The van der Waals surface area contributed by atoms with Crippen molar-refractivity contribution in [2.24, 2.45) is 0 Å². The number of sulfonamides is 1. The minimum atomic E-state index is -3.20. The van der Waals surface area contributed by atoms with Gasteiger partial charge in [-0.1, -0.05) is 11.6 Å². The number of benzene rings is 1. The molecule has 1 heterocycles. The summed E-state index contributed by atoms with van der Waals surface area (Å²) in [5, 5.41) is 12.0. The van der Waals surface area contributed by atoms with Crippen molar-refractivity contribution in [3.05, 3.63) is 28.5 Å². The molecule has 132 valence electrons. The highest BCUT2D eigenvalue weighted by atomic mass is 35.5. The normalized spacial score (nSPS) is 20.1. The largest absolute Gasteiger partial charge is 0.506 e. The van der Waals surface area contributed by atoms with Crippen molar-refractivity contribution in [3.8, 4) is 5.75 Å². The van der Waals surface area contributed by atoms with Crippen LogP contribution in [0.25, 0.3) is 0 Å². The highest BCUT2D eigenvalue weighted by Crippen LogP contribution is 2.32. The summed E-state index contributed by atoms with van der Waals surface area (Å²) < 4.78 is 39.2. The van der Waals surface area contributed by atoms with E-state index in [9.17, 15) is 22.7 Å². The molecule has 9 heteroatoms. The van der Waals surface area contributed by atoms with Crippen molar-refractivity contribution in [3.63, 3.8) is 0 Å². The SMILES string of the molecule is O=C(NC1CCN(S(=O)(=O)C2CC2)CC1)c1cc(F)cc(Cl)c1O. The van der Waals surface area contributed by atoms with E-state index >= 15 is 0 Å². The summed E-state index contributed by atoms with van der Waals surface area (Å²) in [5.41, 5.74) is -0.229. The maximum absolute atomic E-state index is 13.4. The van der Waals surface area contributed by atoms with Crippen LogP contribution in [0, 0.1) is 5.82 Å². The van der Waals surface area contributed by atoms with Gasteiger partial charge in [0.25, 0.3) is 5.91 Å². The monoisotopic (exact) mass is 376 g/mol. The predicted molar refractivity (Wildman–Crippen MR) is 87.1 cm³/mol. The van der Waals surface area contributed by atoms with Gasteiger partial charge in [0.15, 0.2) is 0 Å². The van der Waals surface area contributed by atoms with Gasteiger partial charge in [-0.15, -0.1) is 0 Å². The zero-order chi connectivity index (χ0) is 17.5. The number of nitrogens with zero attached hydrogens (tertiary/aromatic N) is 1. The summed E-state index contributed by atoms with van der Waals surface area (Å²) in [7, 11) is -3.20. The number of piperidine rings is 1. The molecule has 2 fully saturated rings. The molecule has 0 spiro atoms. The lowest BCUT2D eigenvalue weighted by Gasteiger charge is -2.31. The molecule has 0 bridgehead atoms. The summed E-state index contributed by atoms with van der Waals surface area (Å²) in [5.74, 6) is -1.81. The standard InChI is InChI=1S/C15H18ClFN2O4S/c16-13-8-9(17)7-12(14(13)20)15(21)18-10-3-5-19(6-4-10)24(22,23)11-1-2-11/h7-8,10-11,20H,1-6H2,(H,18,21). The number of carbonyl (C=O) groups excluding carboxylic acids is 1. The molecule has 1 amide bonds. The molecule has 3 rings (SSSR count). The number of hydrogen-bond donors (Lipinski definition) is 2. The van der Waals surface area contributed by atoms with E-state index in [4.69, 9.17) is 11.6 Å². The first-order chi connectivity index (χ1) is 11.3. The van der Waals surface area contributed by atoms with Gasteiger partial charge in [-0.05, 0) is 37.8 Å². The molecule has 1 aliphatic heterocycles.